The van der Waals surface area contributed by atoms with Crippen molar-refractivity contribution in [2.45, 2.75) is 40.5 Å². The van der Waals surface area contributed by atoms with Crippen molar-refractivity contribution in [3.63, 3.8) is 0 Å². The molecule has 1 unspecified atom stereocenters. The van der Waals surface area contributed by atoms with Crippen LogP contribution in [0.3, 0.4) is 0 Å². The van der Waals surface area contributed by atoms with Crippen molar-refractivity contribution >= 4 is 34.8 Å². The third-order valence-electron chi connectivity index (χ3n) is 5.23. The number of para-hydroxylation sites is 1. The van der Waals surface area contributed by atoms with Crippen molar-refractivity contribution in [1.82, 2.24) is 0 Å². The molecule has 0 bridgehead atoms. The summed E-state index contributed by atoms with van der Waals surface area (Å²) in [5, 5.41) is 5.75. The average molecular weight is 408 g/mol. The summed E-state index contributed by atoms with van der Waals surface area (Å²) in [7, 11) is 0. The lowest BCUT2D eigenvalue weighted by atomic mass is 9.95. The van der Waals surface area contributed by atoms with Gasteiger partial charge >= 0.3 is 0 Å². The molecule has 2 N–H and O–H groups in total. The fourth-order valence-electron chi connectivity index (χ4n) is 3.43. The standard InChI is InChI=1S/C24H29N3O3/c1-5-16-9-6-7-12-20(16)27-15-17(13-21(27)28)22(29)25-18-10-8-11-19(14-18)26-23(30)24(2,3)4/h6-12,14,17H,5,13,15H2,1-4H3,(H,25,29)(H,26,30). The van der Waals surface area contributed by atoms with E-state index in [0.717, 1.165) is 17.7 Å². The van der Waals surface area contributed by atoms with Crippen molar-refractivity contribution in [3.05, 3.63) is 54.1 Å². The Hall–Kier alpha value is -3.15. The van der Waals surface area contributed by atoms with Gasteiger partial charge in [0.1, 0.15) is 0 Å². The summed E-state index contributed by atoms with van der Waals surface area (Å²) in [6.07, 6.45) is 1.01. The van der Waals surface area contributed by atoms with Crippen LogP contribution in [0.4, 0.5) is 17.1 Å². The van der Waals surface area contributed by atoms with Gasteiger partial charge in [-0.1, -0.05) is 52.0 Å². The highest BCUT2D eigenvalue weighted by Crippen LogP contribution is 2.29. The summed E-state index contributed by atoms with van der Waals surface area (Å²) < 4.78 is 0. The minimum Gasteiger partial charge on any atom is -0.326 e. The molecule has 0 radical (unpaired) electrons. The van der Waals surface area contributed by atoms with E-state index in [2.05, 4.69) is 17.6 Å². The van der Waals surface area contributed by atoms with Gasteiger partial charge in [0.05, 0.1) is 5.92 Å². The van der Waals surface area contributed by atoms with E-state index in [4.69, 9.17) is 0 Å². The van der Waals surface area contributed by atoms with Crippen LogP contribution in [0.5, 0.6) is 0 Å². The van der Waals surface area contributed by atoms with Crippen molar-refractivity contribution in [2.24, 2.45) is 11.3 Å². The first-order valence-electron chi connectivity index (χ1n) is 10.3. The minimum absolute atomic E-state index is 0.0396. The zero-order valence-corrected chi connectivity index (χ0v) is 18.0. The Morgan fingerprint density at radius 2 is 1.70 bits per heavy atom. The average Bonchev–Trinajstić information content (AvgIpc) is 3.09. The van der Waals surface area contributed by atoms with Crippen molar-refractivity contribution in [1.29, 1.82) is 0 Å². The number of carbonyl (C=O) groups is 3. The summed E-state index contributed by atoms with van der Waals surface area (Å²) in [4.78, 5) is 39.3. The van der Waals surface area contributed by atoms with E-state index in [9.17, 15) is 14.4 Å². The summed E-state index contributed by atoms with van der Waals surface area (Å²) >= 11 is 0. The second-order valence-corrected chi connectivity index (χ2v) is 8.66. The van der Waals surface area contributed by atoms with E-state index in [1.807, 2.05) is 45.0 Å². The van der Waals surface area contributed by atoms with Gasteiger partial charge in [0.2, 0.25) is 17.7 Å². The van der Waals surface area contributed by atoms with Gasteiger partial charge in [0.15, 0.2) is 0 Å². The third kappa shape index (κ3) is 4.87. The highest BCUT2D eigenvalue weighted by molar-refractivity contribution is 6.04. The van der Waals surface area contributed by atoms with Gasteiger partial charge in [0, 0.05) is 35.4 Å². The van der Waals surface area contributed by atoms with Gasteiger partial charge in [-0.15, -0.1) is 0 Å². The van der Waals surface area contributed by atoms with Crippen LogP contribution in [0.1, 0.15) is 39.7 Å². The molecule has 0 aromatic heterocycles. The Kier molecular flexibility index (Phi) is 6.25. The van der Waals surface area contributed by atoms with Crippen molar-refractivity contribution < 1.29 is 14.4 Å². The number of rotatable bonds is 5. The molecule has 2 aromatic rings. The second-order valence-electron chi connectivity index (χ2n) is 8.66. The van der Waals surface area contributed by atoms with Crippen LogP contribution in [0.15, 0.2) is 48.5 Å². The lowest BCUT2D eigenvalue weighted by Crippen LogP contribution is -2.29. The van der Waals surface area contributed by atoms with E-state index in [-0.39, 0.29) is 24.1 Å². The SMILES string of the molecule is CCc1ccccc1N1CC(C(=O)Nc2cccc(NC(=O)C(C)(C)C)c2)CC1=O. The maximum Gasteiger partial charge on any atom is 0.229 e. The van der Waals surface area contributed by atoms with E-state index in [1.54, 1.807) is 29.2 Å². The topological polar surface area (TPSA) is 78.5 Å². The maximum atomic E-state index is 12.8. The number of carbonyl (C=O) groups excluding carboxylic acids is 3. The first-order valence-corrected chi connectivity index (χ1v) is 10.3. The van der Waals surface area contributed by atoms with E-state index < -0.39 is 11.3 Å². The number of nitrogens with zero attached hydrogens (tertiary/aromatic N) is 1. The largest absolute Gasteiger partial charge is 0.326 e. The molecule has 1 fully saturated rings. The zero-order valence-electron chi connectivity index (χ0n) is 18.0. The molecule has 1 saturated heterocycles. The van der Waals surface area contributed by atoms with Gasteiger partial charge in [-0.05, 0) is 36.2 Å². The normalized spacial score (nSPS) is 16.5. The Balaban J connectivity index is 1.68. The quantitative estimate of drug-likeness (QED) is 0.779. The summed E-state index contributed by atoms with van der Waals surface area (Å²) in [6.45, 7) is 7.94. The van der Waals surface area contributed by atoms with Crippen LogP contribution in [-0.2, 0) is 20.8 Å². The molecule has 6 heteroatoms. The van der Waals surface area contributed by atoms with Gasteiger partial charge in [-0.3, -0.25) is 14.4 Å². The number of amides is 3. The molecule has 0 saturated carbocycles. The summed E-state index contributed by atoms with van der Waals surface area (Å²) in [5.74, 6) is -0.755. The molecule has 0 spiro atoms. The zero-order chi connectivity index (χ0) is 21.9. The van der Waals surface area contributed by atoms with Crippen LogP contribution in [0.2, 0.25) is 0 Å². The van der Waals surface area contributed by atoms with Crippen LogP contribution >= 0.6 is 0 Å². The predicted molar refractivity (Wildman–Crippen MR) is 119 cm³/mol. The lowest BCUT2D eigenvalue weighted by molar-refractivity contribution is -0.123. The smallest absolute Gasteiger partial charge is 0.229 e. The molecular weight excluding hydrogens is 378 g/mol. The Labute approximate surface area is 177 Å². The van der Waals surface area contributed by atoms with E-state index in [0.29, 0.717) is 17.9 Å². The van der Waals surface area contributed by atoms with E-state index in [1.165, 1.54) is 0 Å². The molecular formula is C24H29N3O3. The molecule has 1 aliphatic rings. The monoisotopic (exact) mass is 407 g/mol. The molecule has 6 nitrogen and oxygen atoms in total. The predicted octanol–water partition coefficient (Wildman–Crippen LogP) is 4.23. The Bertz CT molecular complexity index is 962. The van der Waals surface area contributed by atoms with E-state index >= 15 is 0 Å². The minimum atomic E-state index is -0.512. The highest BCUT2D eigenvalue weighted by Gasteiger charge is 2.35. The molecule has 1 heterocycles. The number of anilines is 3. The first-order chi connectivity index (χ1) is 14.2. The number of hydrogen-bond acceptors (Lipinski definition) is 3. The van der Waals surface area contributed by atoms with Crippen LogP contribution in [-0.4, -0.2) is 24.3 Å². The Morgan fingerprint density at radius 1 is 1.03 bits per heavy atom. The fourth-order valence-corrected chi connectivity index (χ4v) is 3.43. The van der Waals surface area contributed by atoms with Crippen LogP contribution in [0.25, 0.3) is 0 Å². The fraction of sp³-hybridized carbons (Fsp3) is 0.375. The van der Waals surface area contributed by atoms with Crippen LogP contribution in [0, 0.1) is 11.3 Å². The van der Waals surface area contributed by atoms with Gasteiger partial charge < -0.3 is 15.5 Å². The van der Waals surface area contributed by atoms with Gasteiger partial charge in [-0.25, -0.2) is 0 Å². The number of aryl methyl sites for hydroxylation is 1. The van der Waals surface area contributed by atoms with Crippen molar-refractivity contribution in [2.75, 3.05) is 22.1 Å². The third-order valence-corrected chi connectivity index (χ3v) is 5.23. The molecule has 1 atom stereocenters. The number of hydrogen-bond donors (Lipinski definition) is 2. The molecule has 2 aromatic carbocycles. The highest BCUT2D eigenvalue weighted by atomic mass is 16.2. The molecule has 3 amide bonds. The number of benzene rings is 2. The molecule has 158 valence electrons. The Morgan fingerprint density at radius 3 is 2.37 bits per heavy atom. The first kappa shape index (κ1) is 21.6. The van der Waals surface area contributed by atoms with Crippen LogP contribution < -0.4 is 15.5 Å². The second kappa shape index (κ2) is 8.69. The summed E-state index contributed by atoms with van der Waals surface area (Å²) in [6, 6.07) is 14.9. The van der Waals surface area contributed by atoms with Gasteiger partial charge in [0.25, 0.3) is 0 Å². The number of nitrogens with one attached hydrogen (secondary N) is 2. The molecule has 3 rings (SSSR count). The maximum absolute atomic E-state index is 12.8. The molecule has 1 aliphatic heterocycles. The molecule has 0 aliphatic carbocycles. The van der Waals surface area contributed by atoms with Crippen molar-refractivity contribution in [3.8, 4) is 0 Å². The molecule has 30 heavy (non-hydrogen) atoms. The summed E-state index contributed by atoms with van der Waals surface area (Å²) in [5.41, 5.74) is 2.67. The van der Waals surface area contributed by atoms with Gasteiger partial charge in [-0.2, -0.15) is 0 Å². The lowest BCUT2D eigenvalue weighted by Gasteiger charge is -2.20.